The first kappa shape index (κ1) is 27.2. The molecule has 6 rings (SSSR count). The lowest BCUT2D eigenvalue weighted by molar-refractivity contribution is 0.0786. The van der Waals surface area contributed by atoms with Gasteiger partial charge < -0.3 is 14.5 Å². The molecule has 4 aromatic rings. The van der Waals surface area contributed by atoms with Crippen LogP contribution in [0.15, 0.2) is 54.6 Å². The summed E-state index contributed by atoms with van der Waals surface area (Å²) in [5.74, 6) is 1.18. The van der Waals surface area contributed by atoms with Gasteiger partial charge in [0.1, 0.15) is 23.3 Å². The zero-order valence-corrected chi connectivity index (χ0v) is 22.6. The molecule has 4 heterocycles. The molecule has 0 radical (unpaired) electrons. The fourth-order valence-corrected chi connectivity index (χ4v) is 5.66. The third-order valence-electron chi connectivity index (χ3n) is 7.77. The number of rotatable bonds is 8. The highest BCUT2D eigenvalue weighted by Gasteiger charge is 2.27. The summed E-state index contributed by atoms with van der Waals surface area (Å²) in [6, 6.07) is 14.5. The molecule has 1 amide bonds. The van der Waals surface area contributed by atoms with Crippen LogP contribution >= 0.6 is 0 Å². The summed E-state index contributed by atoms with van der Waals surface area (Å²) in [5, 5.41) is 0. The van der Waals surface area contributed by atoms with Gasteiger partial charge in [0.15, 0.2) is 5.82 Å². The number of aryl methyl sites for hydroxylation is 1. The number of aromatic nitrogens is 4. The molecule has 2 aliphatic rings. The molecule has 11 heteroatoms. The highest BCUT2D eigenvalue weighted by molar-refractivity contribution is 5.94. The van der Waals surface area contributed by atoms with Gasteiger partial charge in [0.25, 0.3) is 12.3 Å². The standard InChI is InChI=1S/C30H31F3N6O2/c31-22-10-8-21(9-11-22)30(40)38-13-12-20(19-38)4-3-7-25-35-26(37-14-16-41-17-15-37)18-27(36-25)39-24-6-2-1-5-23(24)34-29(39)28(32)33/h1-2,5-6,8-11,18,20,28H,3-4,7,12-17,19H2. The van der Waals surface area contributed by atoms with Crippen LogP contribution in [0.2, 0.25) is 0 Å². The number of fused-ring (bicyclic) bond motifs is 1. The maximum Gasteiger partial charge on any atom is 0.296 e. The number of morpholine rings is 1. The molecule has 2 saturated heterocycles. The second-order valence-electron chi connectivity index (χ2n) is 10.5. The number of para-hydroxylation sites is 2. The molecule has 0 bridgehead atoms. The van der Waals surface area contributed by atoms with Gasteiger partial charge in [0.05, 0.1) is 24.2 Å². The minimum Gasteiger partial charge on any atom is -0.378 e. The van der Waals surface area contributed by atoms with E-state index in [0.29, 0.717) is 85.8 Å². The van der Waals surface area contributed by atoms with E-state index in [4.69, 9.17) is 14.7 Å². The fraction of sp³-hybridized carbons (Fsp3) is 0.400. The molecule has 1 unspecified atom stereocenters. The molecular formula is C30H31F3N6O2. The normalized spacial score (nSPS) is 17.6. The molecule has 2 aliphatic heterocycles. The molecule has 1 atom stereocenters. The maximum absolute atomic E-state index is 14.1. The Hall–Kier alpha value is -3.99. The Bertz CT molecular complexity index is 1520. The van der Waals surface area contributed by atoms with Crippen molar-refractivity contribution in [2.75, 3.05) is 44.3 Å². The average molecular weight is 565 g/mol. The number of benzene rings is 2. The number of carbonyl (C=O) groups excluding carboxylic acids is 1. The number of hydrogen-bond acceptors (Lipinski definition) is 6. The lowest BCUT2D eigenvalue weighted by atomic mass is 10.0. The number of halogens is 3. The van der Waals surface area contributed by atoms with Gasteiger partial charge >= 0.3 is 0 Å². The molecule has 0 aliphatic carbocycles. The number of anilines is 1. The number of imidazole rings is 1. The molecule has 0 saturated carbocycles. The Balaban J connectivity index is 1.20. The smallest absolute Gasteiger partial charge is 0.296 e. The van der Waals surface area contributed by atoms with Gasteiger partial charge in [-0.15, -0.1) is 0 Å². The fourth-order valence-electron chi connectivity index (χ4n) is 5.66. The topological polar surface area (TPSA) is 76.4 Å². The van der Waals surface area contributed by atoms with Crippen LogP contribution in [0, 0.1) is 11.7 Å². The minimum absolute atomic E-state index is 0.0823. The second kappa shape index (κ2) is 11.9. The monoisotopic (exact) mass is 564 g/mol. The van der Waals surface area contributed by atoms with E-state index < -0.39 is 6.43 Å². The van der Waals surface area contributed by atoms with Crippen molar-refractivity contribution in [3.8, 4) is 5.82 Å². The van der Waals surface area contributed by atoms with Crippen molar-refractivity contribution in [1.29, 1.82) is 0 Å². The van der Waals surface area contributed by atoms with E-state index in [1.165, 1.54) is 28.8 Å². The highest BCUT2D eigenvalue weighted by Crippen LogP contribution is 2.29. The predicted octanol–water partition coefficient (Wildman–Crippen LogP) is 5.21. The van der Waals surface area contributed by atoms with Crippen LogP contribution in [0.5, 0.6) is 0 Å². The summed E-state index contributed by atoms with van der Waals surface area (Å²) in [7, 11) is 0. The van der Waals surface area contributed by atoms with E-state index in [1.54, 1.807) is 30.3 Å². The molecule has 0 N–H and O–H groups in total. The van der Waals surface area contributed by atoms with Crippen molar-refractivity contribution < 1.29 is 22.7 Å². The van der Waals surface area contributed by atoms with Crippen LogP contribution in [0.1, 0.15) is 47.7 Å². The molecule has 0 spiro atoms. The molecule has 8 nitrogen and oxygen atoms in total. The SMILES string of the molecule is O=C(c1ccc(F)cc1)N1CCC(CCCc2nc(N3CCOCC3)cc(-n3c(C(F)F)nc4ccccc43)n2)C1. The predicted molar refractivity (Wildman–Crippen MR) is 148 cm³/mol. The van der Waals surface area contributed by atoms with Gasteiger partial charge in [0, 0.05) is 44.2 Å². The van der Waals surface area contributed by atoms with Gasteiger partial charge in [-0.2, -0.15) is 0 Å². The van der Waals surface area contributed by atoms with Crippen molar-refractivity contribution in [1.82, 2.24) is 24.4 Å². The van der Waals surface area contributed by atoms with Gasteiger partial charge in [0.2, 0.25) is 0 Å². The largest absolute Gasteiger partial charge is 0.378 e. The van der Waals surface area contributed by atoms with Crippen molar-refractivity contribution in [2.45, 2.75) is 32.1 Å². The van der Waals surface area contributed by atoms with E-state index in [9.17, 15) is 18.0 Å². The number of nitrogens with zero attached hydrogens (tertiary/aromatic N) is 6. The number of ether oxygens (including phenoxy) is 1. The zero-order valence-electron chi connectivity index (χ0n) is 22.6. The van der Waals surface area contributed by atoms with Gasteiger partial charge in [-0.25, -0.2) is 28.1 Å². The Morgan fingerprint density at radius 1 is 0.976 bits per heavy atom. The van der Waals surface area contributed by atoms with E-state index in [2.05, 4.69) is 9.88 Å². The lowest BCUT2D eigenvalue weighted by Gasteiger charge is -2.28. The quantitative estimate of drug-likeness (QED) is 0.292. The summed E-state index contributed by atoms with van der Waals surface area (Å²) in [6.45, 7) is 3.76. The summed E-state index contributed by atoms with van der Waals surface area (Å²) in [4.78, 5) is 30.5. The first-order valence-electron chi connectivity index (χ1n) is 14.0. The van der Waals surface area contributed by atoms with Crippen molar-refractivity contribution in [2.24, 2.45) is 5.92 Å². The molecule has 2 aromatic carbocycles. The Labute approximate surface area is 235 Å². The van der Waals surface area contributed by atoms with Gasteiger partial charge in [-0.1, -0.05) is 12.1 Å². The summed E-state index contributed by atoms with van der Waals surface area (Å²) in [5.41, 5.74) is 1.54. The Morgan fingerprint density at radius 2 is 1.73 bits per heavy atom. The molecular weight excluding hydrogens is 533 g/mol. The van der Waals surface area contributed by atoms with Crippen LogP contribution in [-0.2, 0) is 11.2 Å². The van der Waals surface area contributed by atoms with Crippen molar-refractivity contribution >= 4 is 22.8 Å². The number of alkyl halides is 2. The average Bonchev–Trinajstić information content (AvgIpc) is 3.63. The third-order valence-corrected chi connectivity index (χ3v) is 7.77. The van der Waals surface area contributed by atoms with Crippen LogP contribution in [-0.4, -0.2) is 69.7 Å². The minimum atomic E-state index is -2.77. The van der Waals surface area contributed by atoms with Crippen LogP contribution < -0.4 is 4.90 Å². The van der Waals surface area contributed by atoms with E-state index in [1.807, 2.05) is 4.90 Å². The van der Waals surface area contributed by atoms with E-state index >= 15 is 0 Å². The Morgan fingerprint density at radius 3 is 2.51 bits per heavy atom. The zero-order chi connectivity index (χ0) is 28.3. The maximum atomic E-state index is 14.1. The summed E-state index contributed by atoms with van der Waals surface area (Å²) < 4.78 is 48.4. The van der Waals surface area contributed by atoms with Crippen LogP contribution in [0.25, 0.3) is 16.9 Å². The Kier molecular flexibility index (Phi) is 7.86. The first-order chi connectivity index (χ1) is 20.0. The van der Waals surface area contributed by atoms with Crippen LogP contribution in [0.3, 0.4) is 0 Å². The highest BCUT2D eigenvalue weighted by atomic mass is 19.3. The number of likely N-dealkylation sites (tertiary alicyclic amines) is 1. The molecule has 41 heavy (non-hydrogen) atoms. The second-order valence-corrected chi connectivity index (χ2v) is 10.5. The first-order valence-corrected chi connectivity index (χ1v) is 14.0. The van der Waals surface area contributed by atoms with Crippen LogP contribution in [0.4, 0.5) is 19.0 Å². The number of hydrogen-bond donors (Lipinski definition) is 0. The summed E-state index contributed by atoms with van der Waals surface area (Å²) >= 11 is 0. The van der Waals surface area contributed by atoms with E-state index in [-0.39, 0.29) is 17.5 Å². The van der Waals surface area contributed by atoms with Crippen molar-refractivity contribution in [3.05, 3.63) is 77.6 Å². The summed E-state index contributed by atoms with van der Waals surface area (Å²) in [6.07, 6.45) is 0.372. The van der Waals surface area contributed by atoms with E-state index in [0.717, 1.165) is 19.3 Å². The third kappa shape index (κ3) is 5.90. The molecule has 2 aromatic heterocycles. The number of amides is 1. The van der Waals surface area contributed by atoms with Gasteiger partial charge in [-0.05, 0) is 61.6 Å². The number of carbonyl (C=O) groups is 1. The molecule has 214 valence electrons. The van der Waals surface area contributed by atoms with Crippen molar-refractivity contribution in [3.63, 3.8) is 0 Å². The van der Waals surface area contributed by atoms with Gasteiger partial charge in [-0.3, -0.25) is 9.36 Å². The lowest BCUT2D eigenvalue weighted by Crippen LogP contribution is -2.37. The molecule has 2 fully saturated rings.